The number of rotatable bonds is 4. The number of aromatic nitrogens is 2. The minimum atomic E-state index is -0.368. The number of nitrogens with zero attached hydrogens (tertiary/aromatic N) is 1. The van der Waals surface area contributed by atoms with Gasteiger partial charge in [-0.15, -0.1) is 11.3 Å². The summed E-state index contributed by atoms with van der Waals surface area (Å²) in [5, 5.41) is 11.5. The third kappa shape index (κ3) is 3.30. The Labute approximate surface area is 162 Å². The molecule has 2 aromatic heterocycles. The first kappa shape index (κ1) is 17.9. The highest BCUT2D eigenvalue weighted by atomic mass is 32.1. The predicted molar refractivity (Wildman–Crippen MR) is 107 cm³/mol. The summed E-state index contributed by atoms with van der Waals surface area (Å²) in [6.07, 6.45) is 5.19. The summed E-state index contributed by atoms with van der Waals surface area (Å²) in [6.45, 7) is 3.53. The first-order valence-electron chi connectivity index (χ1n) is 9.37. The molecule has 0 bridgehead atoms. The van der Waals surface area contributed by atoms with Crippen LogP contribution in [0.4, 0.5) is 0 Å². The summed E-state index contributed by atoms with van der Waals surface area (Å²) < 4.78 is 0. The number of Topliss-reactive ketones (excluding diaryl/α,β-unsaturated/α-hetero) is 1. The van der Waals surface area contributed by atoms with Gasteiger partial charge in [0.2, 0.25) is 0 Å². The molecule has 0 aliphatic heterocycles. The Morgan fingerprint density at radius 1 is 1.15 bits per heavy atom. The molecule has 0 saturated heterocycles. The molecule has 140 valence electrons. The molecule has 0 spiro atoms. The van der Waals surface area contributed by atoms with Crippen LogP contribution in [0.2, 0.25) is 0 Å². The third-order valence-corrected chi connectivity index (χ3v) is 6.60. The van der Waals surface area contributed by atoms with E-state index in [1.807, 2.05) is 37.3 Å². The van der Waals surface area contributed by atoms with Crippen LogP contribution in [0.25, 0.3) is 10.2 Å². The van der Waals surface area contributed by atoms with Gasteiger partial charge in [-0.3, -0.25) is 14.7 Å². The minimum Gasteiger partial charge on any atom is -0.342 e. The highest BCUT2D eigenvalue weighted by Crippen LogP contribution is 2.38. The molecule has 1 aliphatic rings. The Kier molecular flexibility index (Phi) is 4.60. The zero-order valence-corrected chi connectivity index (χ0v) is 16.4. The maximum absolute atomic E-state index is 13.1. The van der Waals surface area contributed by atoms with Crippen LogP contribution in [0.3, 0.4) is 0 Å². The van der Waals surface area contributed by atoms with E-state index in [9.17, 15) is 9.59 Å². The number of benzene rings is 1. The zero-order valence-electron chi connectivity index (χ0n) is 15.6. The number of aromatic amines is 1. The number of thiophene rings is 1. The van der Waals surface area contributed by atoms with Gasteiger partial charge in [-0.05, 0) is 38.3 Å². The van der Waals surface area contributed by atoms with Crippen molar-refractivity contribution in [3.05, 3.63) is 52.0 Å². The summed E-state index contributed by atoms with van der Waals surface area (Å²) in [7, 11) is 0. The van der Waals surface area contributed by atoms with E-state index in [-0.39, 0.29) is 17.2 Å². The van der Waals surface area contributed by atoms with E-state index in [1.165, 1.54) is 17.8 Å². The fourth-order valence-electron chi connectivity index (χ4n) is 3.98. The normalized spacial score (nSPS) is 16.4. The SMILES string of the molecule is CC(=O)c1ccc(C2(NC(=O)c3cc4c(C)[nH]nc4s3)CCCCC2)cc1. The fourth-order valence-corrected chi connectivity index (χ4v) is 4.93. The standard InChI is InChI=1S/C21H23N3O2S/c1-13-17-12-18(27-20(17)24-23-13)19(26)22-21(10-4-3-5-11-21)16-8-6-15(7-9-16)14(2)25/h6-9,12H,3-5,10-11H2,1-2H3,(H,22,26)(H,23,24). The number of ketones is 1. The molecule has 2 heterocycles. The Hall–Kier alpha value is -2.47. The van der Waals surface area contributed by atoms with Crippen LogP contribution in [0.5, 0.6) is 0 Å². The summed E-state index contributed by atoms with van der Waals surface area (Å²) in [5.74, 6) is 0.00954. The van der Waals surface area contributed by atoms with Crippen LogP contribution in [0, 0.1) is 6.92 Å². The molecular weight excluding hydrogens is 358 g/mol. The van der Waals surface area contributed by atoms with Crippen LogP contribution in [-0.2, 0) is 5.54 Å². The molecule has 0 atom stereocenters. The van der Waals surface area contributed by atoms with Crippen molar-refractivity contribution in [2.45, 2.75) is 51.5 Å². The van der Waals surface area contributed by atoms with Gasteiger partial charge in [0.25, 0.3) is 5.91 Å². The summed E-state index contributed by atoms with van der Waals surface area (Å²) >= 11 is 1.42. The second kappa shape index (κ2) is 6.93. The third-order valence-electron chi connectivity index (χ3n) is 5.57. The van der Waals surface area contributed by atoms with E-state index in [2.05, 4.69) is 15.5 Å². The molecule has 1 aromatic carbocycles. The van der Waals surface area contributed by atoms with Gasteiger partial charge in [-0.1, -0.05) is 43.5 Å². The first-order chi connectivity index (χ1) is 13.0. The van der Waals surface area contributed by atoms with Crippen LogP contribution >= 0.6 is 11.3 Å². The highest BCUT2D eigenvalue weighted by Gasteiger charge is 2.36. The molecule has 4 rings (SSSR count). The quantitative estimate of drug-likeness (QED) is 0.642. The highest BCUT2D eigenvalue weighted by molar-refractivity contribution is 7.20. The van der Waals surface area contributed by atoms with Gasteiger partial charge in [0.1, 0.15) is 4.83 Å². The maximum atomic E-state index is 13.1. The van der Waals surface area contributed by atoms with Crippen molar-refractivity contribution in [3.63, 3.8) is 0 Å². The lowest BCUT2D eigenvalue weighted by Crippen LogP contribution is -2.47. The van der Waals surface area contributed by atoms with E-state index >= 15 is 0 Å². The van der Waals surface area contributed by atoms with Crippen molar-refractivity contribution < 1.29 is 9.59 Å². The number of hydrogen-bond acceptors (Lipinski definition) is 4. The number of carbonyl (C=O) groups excluding carboxylic acids is 2. The molecule has 5 nitrogen and oxygen atoms in total. The minimum absolute atomic E-state index is 0.0463. The van der Waals surface area contributed by atoms with Gasteiger partial charge < -0.3 is 5.32 Å². The molecule has 3 aromatic rings. The molecule has 1 aliphatic carbocycles. The average Bonchev–Trinajstić information content (AvgIpc) is 3.25. The van der Waals surface area contributed by atoms with Crippen LogP contribution in [-0.4, -0.2) is 21.9 Å². The number of H-pyrrole nitrogens is 1. The largest absolute Gasteiger partial charge is 0.342 e. The predicted octanol–water partition coefficient (Wildman–Crippen LogP) is 4.72. The molecule has 1 amide bonds. The van der Waals surface area contributed by atoms with Crippen molar-refractivity contribution in [3.8, 4) is 0 Å². The van der Waals surface area contributed by atoms with Crippen molar-refractivity contribution in [2.24, 2.45) is 0 Å². The smallest absolute Gasteiger partial charge is 0.262 e. The number of amides is 1. The summed E-state index contributed by atoms with van der Waals surface area (Å²) in [6, 6.07) is 9.64. The van der Waals surface area contributed by atoms with Crippen molar-refractivity contribution in [2.75, 3.05) is 0 Å². The monoisotopic (exact) mass is 381 g/mol. The van der Waals surface area contributed by atoms with E-state index in [4.69, 9.17) is 0 Å². The Morgan fingerprint density at radius 3 is 2.48 bits per heavy atom. The van der Waals surface area contributed by atoms with Gasteiger partial charge in [0.15, 0.2) is 5.78 Å². The first-order valence-corrected chi connectivity index (χ1v) is 10.2. The van der Waals surface area contributed by atoms with Crippen LogP contribution < -0.4 is 5.32 Å². The van der Waals surface area contributed by atoms with Crippen LogP contribution in [0.15, 0.2) is 30.3 Å². The van der Waals surface area contributed by atoms with Crippen LogP contribution in [0.1, 0.15) is 70.3 Å². The van der Waals surface area contributed by atoms with E-state index in [1.54, 1.807) is 6.92 Å². The second-order valence-corrected chi connectivity index (χ2v) is 8.44. The van der Waals surface area contributed by atoms with Crippen molar-refractivity contribution >= 4 is 33.2 Å². The molecule has 1 saturated carbocycles. The lowest BCUT2D eigenvalue weighted by atomic mass is 9.76. The molecule has 6 heteroatoms. The van der Waals surface area contributed by atoms with E-state index in [0.29, 0.717) is 10.4 Å². The Balaban J connectivity index is 1.65. The average molecular weight is 382 g/mol. The number of fused-ring (bicyclic) bond motifs is 1. The number of hydrogen-bond donors (Lipinski definition) is 2. The molecule has 2 N–H and O–H groups in total. The van der Waals surface area contributed by atoms with Gasteiger partial charge in [0, 0.05) is 16.6 Å². The maximum Gasteiger partial charge on any atom is 0.262 e. The van der Waals surface area contributed by atoms with Crippen molar-refractivity contribution in [1.82, 2.24) is 15.5 Å². The molecule has 27 heavy (non-hydrogen) atoms. The van der Waals surface area contributed by atoms with Gasteiger partial charge in [-0.25, -0.2) is 0 Å². The summed E-state index contributed by atoms with van der Waals surface area (Å²) in [5.41, 5.74) is 2.39. The molecule has 0 unspecified atom stereocenters. The lowest BCUT2D eigenvalue weighted by molar-refractivity contribution is 0.0869. The Morgan fingerprint density at radius 2 is 1.85 bits per heavy atom. The van der Waals surface area contributed by atoms with Gasteiger partial charge >= 0.3 is 0 Å². The molecular formula is C21H23N3O2S. The summed E-state index contributed by atoms with van der Waals surface area (Å²) in [4.78, 5) is 26.2. The number of carbonyl (C=O) groups is 2. The fraction of sp³-hybridized carbons (Fsp3) is 0.381. The zero-order chi connectivity index (χ0) is 19.0. The second-order valence-electron chi connectivity index (χ2n) is 7.41. The van der Waals surface area contributed by atoms with E-state index < -0.39 is 0 Å². The number of nitrogens with one attached hydrogen (secondary N) is 2. The van der Waals surface area contributed by atoms with Crippen molar-refractivity contribution in [1.29, 1.82) is 0 Å². The van der Waals surface area contributed by atoms with Gasteiger partial charge in [0.05, 0.1) is 10.4 Å². The molecule has 0 radical (unpaired) electrons. The van der Waals surface area contributed by atoms with Gasteiger partial charge in [-0.2, -0.15) is 5.10 Å². The molecule has 1 fully saturated rings. The number of aryl methyl sites for hydroxylation is 1. The topological polar surface area (TPSA) is 74.8 Å². The van der Waals surface area contributed by atoms with E-state index in [0.717, 1.165) is 47.2 Å². The Bertz CT molecular complexity index is 994. The lowest BCUT2D eigenvalue weighted by Gasteiger charge is -2.38.